The highest BCUT2D eigenvalue weighted by Gasteiger charge is 2.52. The third-order valence-electron chi connectivity index (χ3n) is 7.45. The summed E-state index contributed by atoms with van der Waals surface area (Å²) >= 11 is 12.5. The van der Waals surface area contributed by atoms with Gasteiger partial charge in [-0.05, 0) is 67.0 Å². The van der Waals surface area contributed by atoms with Crippen molar-refractivity contribution in [2.75, 3.05) is 0 Å². The molecule has 0 saturated carbocycles. The van der Waals surface area contributed by atoms with Crippen LogP contribution in [0.1, 0.15) is 47.7 Å². The zero-order valence-corrected chi connectivity index (χ0v) is 22.4. The van der Waals surface area contributed by atoms with Crippen LogP contribution in [0.2, 0.25) is 5.02 Å². The number of amides is 1. The van der Waals surface area contributed by atoms with Gasteiger partial charge in [0.25, 0.3) is 0 Å². The van der Waals surface area contributed by atoms with E-state index in [4.69, 9.17) is 28.3 Å². The highest BCUT2D eigenvalue weighted by molar-refractivity contribution is 6.48. The number of fused-ring (bicyclic) bond motifs is 1. The molecule has 0 fully saturated rings. The van der Waals surface area contributed by atoms with Gasteiger partial charge in [0, 0.05) is 28.9 Å². The van der Waals surface area contributed by atoms with Crippen molar-refractivity contribution in [2.24, 2.45) is 23.2 Å². The molecule has 0 spiro atoms. The van der Waals surface area contributed by atoms with Crippen molar-refractivity contribution in [1.29, 1.82) is 0 Å². The van der Waals surface area contributed by atoms with Crippen LogP contribution >= 0.6 is 23.2 Å². The van der Waals surface area contributed by atoms with E-state index in [-0.39, 0.29) is 29.7 Å². The highest BCUT2D eigenvalue weighted by atomic mass is 35.5. The monoisotopic (exact) mass is 553 g/mol. The number of carbonyl (C=O) groups is 3. The molecule has 2 aromatic carbocycles. The lowest BCUT2D eigenvalue weighted by molar-refractivity contribution is -0.152. The average molecular weight is 554 g/mol. The fraction of sp³-hybridized carbons (Fsp3) is 0.300. The Morgan fingerprint density at radius 3 is 2.34 bits per heavy atom. The van der Waals surface area contributed by atoms with E-state index in [1.54, 1.807) is 36.4 Å². The third kappa shape index (κ3) is 6.03. The summed E-state index contributed by atoms with van der Waals surface area (Å²) < 4.78 is 0. The topological polar surface area (TPSA) is 104 Å². The van der Waals surface area contributed by atoms with Gasteiger partial charge in [-0.3, -0.25) is 9.59 Å². The maximum absolute atomic E-state index is 12.8. The van der Waals surface area contributed by atoms with Crippen LogP contribution in [0, 0.1) is 23.2 Å². The number of hydrogen-bond donors (Lipinski definition) is 3. The first-order valence-electron chi connectivity index (χ1n) is 12.4. The summed E-state index contributed by atoms with van der Waals surface area (Å²) in [7, 11) is 0. The molecule has 0 unspecified atom stereocenters. The molecule has 0 saturated heterocycles. The summed E-state index contributed by atoms with van der Waals surface area (Å²) in [6.07, 6.45) is 8.76. The maximum atomic E-state index is 12.8. The minimum atomic E-state index is -1.18. The molecular weight excluding hydrogens is 525 g/mol. The second-order valence-electron chi connectivity index (χ2n) is 10.0. The van der Waals surface area contributed by atoms with Gasteiger partial charge in [-0.1, -0.05) is 77.3 Å². The number of rotatable bonds is 8. The van der Waals surface area contributed by atoms with E-state index < -0.39 is 23.3 Å². The lowest BCUT2D eigenvalue weighted by Gasteiger charge is -2.46. The average Bonchev–Trinajstić information content (AvgIpc) is 2.88. The molecule has 1 amide bonds. The SMILES string of the molecule is CC1=C[C@@H](/C=C(\Cl)c2ccc(C(=O)O)cc2)[C@]2(C(=O)O)C=C[C@@H](CC(=O)NCc3ccc(Cl)cc3)C[C@@H]2C1. The van der Waals surface area contributed by atoms with E-state index in [0.717, 1.165) is 11.1 Å². The lowest BCUT2D eigenvalue weighted by atomic mass is 9.56. The van der Waals surface area contributed by atoms with E-state index in [1.165, 1.54) is 12.1 Å². The molecule has 0 heterocycles. The van der Waals surface area contributed by atoms with Crippen molar-refractivity contribution in [2.45, 2.75) is 32.7 Å². The molecule has 6 nitrogen and oxygen atoms in total. The molecule has 0 bridgehead atoms. The number of carboxylic acids is 2. The van der Waals surface area contributed by atoms with Gasteiger partial charge in [0.05, 0.1) is 11.0 Å². The Morgan fingerprint density at radius 1 is 1.05 bits per heavy atom. The van der Waals surface area contributed by atoms with Gasteiger partial charge in [0.2, 0.25) is 5.91 Å². The summed E-state index contributed by atoms with van der Waals surface area (Å²) in [6, 6.07) is 13.4. The van der Waals surface area contributed by atoms with Crippen molar-refractivity contribution in [3.8, 4) is 0 Å². The predicted octanol–water partition coefficient (Wildman–Crippen LogP) is 6.55. The number of hydrogen-bond acceptors (Lipinski definition) is 3. The van der Waals surface area contributed by atoms with Crippen LogP contribution in [0.3, 0.4) is 0 Å². The zero-order chi connectivity index (χ0) is 27.4. The van der Waals surface area contributed by atoms with Crippen molar-refractivity contribution >= 4 is 46.1 Å². The van der Waals surface area contributed by atoms with Gasteiger partial charge in [0.15, 0.2) is 0 Å². The molecule has 8 heteroatoms. The van der Waals surface area contributed by atoms with E-state index in [0.29, 0.717) is 35.0 Å². The molecule has 3 N–H and O–H groups in total. The molecule has 4 atom stereocenters. The van der Waals surface area contributed by atoms with E-state index >= 15 is 0 Å². The smallest absolute Gasteiger partial charge is 0.335 e. The van der Waals surface area contributed by atoms with E-state index in [1.807, 2.05) is 31.2 Å². The second kappa shape index (κ2) is 11.6. The number of nitrogens with one attached hydrogen (secondary N) is 1. The number of carboxylic acid groups (broad SMARTS) is 2. The van der Waals surface area contributed by atoms with Gasteiger partial charge >= 0.3 is 11.9 Å². The number of benzene rings is 2. The minimum absolute atomic E-state index is 0.0766. The Hall–Kier alpha value is -3.35. The van der Waals surface area contributed by atoms with Crippen molar-refractivity contribution in [1.82, 2.24) is 5.32 Å². The Kier molecular flexibility index (Phi) is 8.44. The molecular formula is C30H29Cl2NO5. The molecule has 4 rings (SSSR count). The van der Waals surface area contributed by atoms with Crippen LogP contribution in [0.25, 0.3) is 5.03 Å². The maximum Gasteiger partial charge on any atom is 0.335 e. The molecule has 2 aliphatic rings. The van der Waals surface area contributed by atoms with Gasteiger partial charge in [-0.25, -0.2) is 4.79 Å². The molecule has 2 aliphatic carbocycles. The quantitative estimate of drug-likeness (QED) is 0.321. The Bertz CT molecular complexity index is 1310. The summed E-state index contributed by atoms with van der Waals surface area (Å²) in [6.45, 7) is 2.38. The number of halogens is 2. The van der Waals surface area contributed by atoms with Crippen molar-refractivity contribution < 1.29 is 24.6 Å². The van der Waals surface area contributed by atoms with Gasteiger partial charge in [-0.15, -0.1) is 0 Å². The number of aromatic carboxylic acids is 1. The fourth-order valence-electron chi connectivity index (χ4n) is 5.47. The Labute approximate surface area is 231 Å². The van der Waals surface area contributed by atoms with Crippen LogP contribution < -0.4 is 5.32 Å². The summed E-state index contributed by atoms with van der Waals surface area (Å²) in [5, 5.41) is 23.5. The first kappa shape index (κ1) is 27.7. The van der Waals surface area contributed by atoms with Gasteiger partial charge in [0.1, 0.15) is 0 Å². The van der Waals surface area contributed by atoms with Gasteiger partial charge in [-0.2, -0.15) is 0 Å². The summed E-state index contributed by atoms with van der Waals surface area (Å²) in [5.74, 6) is -2.83. The third-order valence-corrected chi connectivity index (χ3v) is 8.04. The van der Waals surface area contributed by atoms with Gasteiger partial charge < -0.3 is 15.5 Å². The molecule has 0 aliphatic heterocycles. The molecule has 38 heavy (non-hydrogen) atoms. The first-order chi connectivity index (χ1) is 18.1. The number of allylic oxidation sites excluding steroid dienone is 4. The Morgan fingerprint density at radius 2 is 1.71 bits per heavy atom. The van der Waals surface area contributed by atoms with Crippen LogP contribution in [-0.2, 0) is 16.1 Å². The van der Waals surface area contributed by atoms with Crippen molar-refractivity contribution in [3.05, 3.63) is 100 Å². The van der Waals surface area contributed by atoms with Crippen molar-refractivity contribution in [3.63, 3.8) is 0 Å². The summed E-state index contributed by atoms with van der Waals surface area (Å²) in [4.78, 5) is 36.6. The molecule has 0 radical (unpaired) electrons. The standard InChI is InChI=1S/C30H29Cl2NO5/c1-18-12-23-14-20(15-27(34)33-17-19-2-8-25(31)9-3-19)10-11-30(23,29(37)38)24(13-18)16-26(32)21-4-6-22(7-5-21)28(35)36/h2-11,13,16,20,23-24H,12,14-15,17H2,1H3,(H,33,34)(H,35,36)(H,37,38)/b26-16-/t20-,23+,24+,30+/m1/s1. The van der Waals surface area contributed by atoms with E-state index in [9.17, 15) is 19.5 Å². The fourth-order valence-corrected chi connectivity index (χ4v) is 5.86. The van der Waals surface area contributed by atoms with Crippen LogP contribution in [0.5, 0.6) is 0 Å². The predicted molar refractivity (Wildman–Crippen MR) is 148 cm³/mol. The number of aliphatic carboxylic acids is 1. The minimum Gasteiger partial charge on any atom is -0.481 e. The molecule has 0 aromatic heterocycles. The van der Waals surface area contributed by atoms with E-state index in [2.05, 4.69) is 5.32 Å². The molecule has 198 valence electrons. The zero-order valence-electron chi connectivity index (χ0n) is 20.9. The largest absolute Gasteiger partial charge is 0.481 e. The van der Waals surface area contributed by atoms with Crippen LogP contribution in [-0.4, -0.2) is 28.1 Å². The Balaban J connectivity index is 1.52. The summed E-state index contributed by atoms with van der Waals surface area (Å²) in [5.41, 5.74) is 1.59. The number of carbonyl (C=O) groups excluding carboxylic acids is 1. The van der Waals surface area contributed by atoms with Crippen LogP contribution in [0.4, 0.5) is 0 Å². The lowest BCUT2D eigenvalue weighted by Crippen LogP contribution is -2.47. The second-order valence-corrected chi connectivity index (χ2v) is 10.9. The molecule has 2 aromatic rings. The normalized spacial score (nSPS) is 24.8. The highest BCUT2D eigenvalue weighted by Crippen LogP contribution is 2.53. The first-order valence-corrected chi connectivity index (χ1v) is 13.2. The van der Waals surface area contributed by atoms with Crippen LogP contribution in [0.15, 0.2) is 78.4 Å².